The predicted molar refractivity (Wildman–Crippen MR) is 168 cm³/mol. The van der Waals surface area contributed by atoms with Gasteiger partial charge in [0.1, 0.15) is 6.10 Å². The van der Waals surface area contributed by atoms with Gasteiger partial charge in [0.05, 0.1) is 36.3 Å². The minimum atomic E-state index is -1.13. The van der Waals surface area contributed by atoms with Gasteiger partial charge in [0.15, 0.2) is 0 Å². The molecule has 1 fully saturated rings. The average Bonchev–Trinajstić information content (AvgIpc) is 3.37. The Hall–Kier alpha value is -4.86. The highest BCUT2D eigenvalue weighted by atomic mass is 16.8. The summed E-state index contributed by atoms with van der Waals surface area (Å²) in [5, 5.41) is 3.76. The average molecular weight is 599 g/mol. The molecule has 1 aliphatic rings. The van der Waals surface area contributed by atoms with E-state index in [0.29, 0.717) is 36.7 Å². The van der Waals surface area contributed by atoms with Crippen LogP contribution in [0.15, 0.2) is 71.8 Å². The molecule has 0 radical (unpaired) electrons. The number of nitrogens with one attached hydrogen (secondary N) is 1. The standard InChI is InChI=1S/C34H38N4O6/c1-4-41-33-37-30-16-10-15-29(32(39)42-23(2)43-34(40)44-27-12-6-5-7-13-27)31(30)38(33)22-24-17-19-25(20-18-24)28-14-9-8-11-26(28)21-36-35-3/h8-11,14-20,23,27,36H,3-7,12-13,21-22H2,1-2H3. The van der Waals surface area contributed by atoms with Gasteiger partial charge in [-0.1, -0.05) is 61.0 Å². The van der Waals surface area contributed by atoms with Gasteiger partial charge >= 0.3 is 12.1 Å². The van der Waals surface area contributed by atoms with Crippen molar-refractivity contribution in [3.8, 4) is 17.1 Å². The summed E-state index contributed by atoms with van der Waals surface area (Å²) in [7, 11) is 0. The minimum Gasteiger partial charge on any atom is -0.465 e. The third kappa shape index (κ3) is 7.37. The maximum atomic E-state index is 13.4. The van der Waals surface area contributed by atoms with Crippen molar-refractivity contribution in [3.05, 3.63) is 83.4 Å². The van der Waals surface area contributed by atoms with Gasteiger partial charge in [0, 0.05) is 13.6 Å². The van der Waals surface area contributed by atoms with Crippen LogP contribution < -0.4 is 10.2 Å². The number of hydrogen-bond donors (Lipinski definition) is 1. The first-order valence-electron chi connectivity index (χ1n) is 15.0. The van der Waals surface area contributed by atoms with E-state index in [1.165, 1.54) is 6.92 Å². The van der Waals surface area contributed by atoms with Crippen LogP contribution in [0.25, 0.3) is 22.2 Å². The second kappa shape index (κ2) is 14.5. The third-order valence-electron chi connectivity index (χ3n) is 7.58. The van der Waals surface area contributed by atoms with Crippen molar-refractivity contribution < 1.29 is 28.5 Å². The lowest BCUT2D eigenvalue weighted by Gasteiger charge is -2.22. The van der Waals surface area contributed by atoms with Gasteiger partial charge in [-0.3, -0.25) is 4.57 Å². The molecule has 3 aromatic carbocycles. The number of benzene rings is 3. The first-order chi connectivity index (χ1) is 21.5. The van der Waals surface area contributed by atoms with Crippen LogP contribution in [0.3, 0.4) is 0 Å². The Morgan fingerprint density at radius 2 is 1.80 bits per heavy atom. The van der Waals surface area contributed by atoms with E-state index in [1.54, 1.807) is 12.1 Å². The molecule has 5 rings (SSSR count). The number of para-hydroxylation sites is 1. The molecule has 1 N–H and O–H groups in total. The van der Waals surface area contributed by atoms with Crippen LogP contribution in [0.1, 0.15) is 67.4 Å². The smallest absolute Gasteiger partial charge is 0.465 e. The summed E-state index contributed by atoms with van der Waals surface area (Å²) in [6.07, 6.45) is 2.69. The number of aromatic nitrogens is 2. The second-order valence-corrected chi connectivity index (χ2v) is 10.7. The second-order valence-electron chi connectivity index (χ2n) is 10.7. The predicted octanol–water partition coefficient (Wildman–Crippen LogP) is 6.84. The molecule has 1 heterocycles. The van der Waals surface area contributed by atoms with E-state index >= 15 is 0 Å². The lowest BCUT2D eigenvalue weighted by molar-refractivity contribution is -0.0914. The highest BCUT2D eigenvalue weighted by molar-refractivity contribution is 6.02. The fourth-order valence-electron chi connectivity index (χ4n) is 5.51. The van der Waals surface area contributed by atoms with Gasteiger partial charge in [0.2, 0.25) is 6.29 Å². The Labute approximate surface area is 257 Å². The van der Waals surface area contributed by atoms with Crippen molar-refractivity contribution in [3.63, 3.8) is 0 Å². The van der Waals surface area contributed by atoms with Gasteiger partial charge in [-0.25, -0.2) is 9.59 Å². The Kier molecular flexibility index (Phi) is 10.1. The molecule has 230 valence electrons. The van der Waals surface area contributed by atoms with Crippen molar-refractivity contribution in [2.75, 3.05) is 6.61 Å². The van der Waals surface area contributed by atoms with Crippen LogP contribution in [0.5, 0.6) is 6.01 Å². The zero-order chi connectivity index (χ0) is 30.9. The molecule has 44 heavy (non-hydrogen) atoms. The SMILES string of the molecule is C=NNCc1ccccc1-c1ccc(Cn2c(OCC)nc3cccc(C(=O)OC(C)OC(=O)OC4CCCCC4)c32)cc1. The number of fused-ring (bicyclic) bond motifs is 1. The number of rotatable bonds is 12. The summed E-state index contributed by atoms with van der Waals surface area (Å²) in [6, 6.07) is 22.0. The number of nitrogens with zero attached hydrogens (tertiary/aromatic N) is 3. The zero-order valence-corrected chi connectivity index (χ0v) is 25.2. The van der Waals surface area contributed by atoms with E-state index in [4.69, 9.17) is 18.9 Å². The molecule has 1 aliphatic carbocycles. The van der Waals surface area contributed by atoms with Crippen LogP contribution in [-0.2, 0) is 27.3 Å². The number of esters is 1. The van der Waals surface area contributed by atoms with E-state index in [-0.39, 0.29) is 11.7 Å². The highest BCUT2D eigenvalue weighted by Crippen LogP contribution is 2.29. The maximum absolute atomic E-state index is 13.4. The lowest BCUT2D eigenvalue weighted by Crippen LogP contribution is -2.26. The molecule has 10 nitrogen and oxygen atoms in total. The van der Waals surface area contributed by atoms with Gasteiger partial charge in [-0.2, -0.15) is 10.1 Å². The number of carbonyl (C=O) groups is 2. The maximum Gasteiger partial charge on any atom is 0.511 e. The number of hydrogen-bond acceptors (Lipinski definition) is 9. The van der Waals surface area contributed by atoms with E-state index in [9.17, 15) is 9.59 Å². The summed E-state index contributed by atoms with van der Waals surface area (Å²) >= 11 is 0. The van der Waals surface area contributed by atoms with Crippen molar-refractivity contribution in [1.82, 2.24) is 15.0 Å². The molecule has 1 unspecified atom stereocenters. The molecule has 0 aliphatic heterocycles. The van der Waals surface area contributed by atoms with Crippen molar-refractivity contribution >= 4 is 29.9 Å². The van der Waals surface area contributed by atoms with Crippen molar-refractivity contribution in [1.29, 1.82) is 0 Å². The van der Waals surface area contributed by atoms with Gasteiger partial charge < -0.3 is 24.4 Å². The van der Waals surface area contributed by atoms with Gasteiger partial charge in [-0.05, 0) is 67.0 Å². The summed E-state index contributed by atoms with van der Waals surface area (Å²) < 4.78 is 23.9. The minimum absolute atomic E-state index is 0.158. The summed E-state index contributed by atoms with van der Waals surface area (Å²) in [4.78, 5) is 30.3. The Morgan fingerprint density at radius 3 is 2.55 bits per heavy atom. The monoisotopic (exact) mass is 598 g/mol. The highest BCUT2D eigenvalue weighted by Gasteiger charge is 2.25. The number of ether oxygens (including phenoxy) is 4. The molecule has 10 heteroatoms. The fourth-order valence-corrected chi connectivity index (χ4v) is 5.51. The van der Waals surface area contributed by atoms with Crippen molar-refractivity contribution in [2.45, 2.75) is 71.4 Å². The summed E-state index contributed by atoms with van der Waals surface area (Å²) in [5.41, 5.74) is 8.62. The molecule has 0 amide bonds. The number of imidazole rings is 1. The first kappa shape index (κ1) is 30.6. The van der Waals surface area contributed by atoms with Crippen LogP contribution >= 0.6 is 0 Å². The molecule has 0 spiro atoms. The van der Waals surface area contributed by atoms with Crippen LogP contribution in [0.4, 0.5) is 4.79 Å². The van der Waals surface area contributed by atoms with Crippen LogP contribution in [0, 0.1) is 0 Å². The fraction of sp³-hybridized carbons (Fsp3) is 0.353. The quantitative estimate of drug-likeness (QED) is 0.0816. The van der Waals surface area contributed by atoms with Crippen LogP contribution in [-0.4, -0.2) is 47.4 Å². The third-order valence-corrected chi connectivity index (χ3v) is 7.58. The van der Waals surface area contributed by atoms with Gasteiger partial charge in [0.25, 0.3) is 6.01 Å². The van der Waals surface area contributed by atoms with Gasteiger partial charge in [-0.15, -0.1) is 0 Å². The lowest BCUT2D eigenvalue weighted by atomic mass is 9.98. The Balaban J connectivity index is 1.35. The largest absolute Gasteiger partial charge is 0.511 e. The molecule has 0 saturated heterocycles. The zero-order valence-electron chi connectivity index (χ0n) is 25.2. The normalized spacial score (nSPS) is 14.0. The molecular formula is C34H38N4O6. The number of carbonyl (C=O) groups excluding carboxylic acids is 2. The molecular weight excluding hydrogens is 560 g/mol. The van der Waals surface area contributed by atoms with E-state index in [2.05, 4.69) is 46.5 Å². The van der Waals surface area contributed by atoms with Crippen LogP contribution in [0.2, 0.25) is 0 Å². The topological polar surface area (TPSA) is 113 Å². The first-order valence-corrected chi connectivity index (χ1v) is 15.0. The molecule has 1 aromatic heterocycles. The Morgan fingerprint density at radius 1 is 1.02 bits per heavy atom. The van der Waals surface area contributed by atoms with Crippen molar-refractivity contribution in [2.24, 2.45) is 5.10 Å². The van der Waals surface area contributed by atoms with E-state index < -0.39 is 18.4 Å². The molecule has 1 saturated carbocycles. The molecule has 1 atom stereocenters. The molecule has 0 bridgehead atoms. The summed E-state index contributed by atoms with van der Waals surface area (Å²) in [6.45, 7) is 8.25. The Bertz CT molecular complexity index is 1590. The number of hydrazone groups is 1. The summed E-state index contributed by atoms with van der Waals surface area (Å²) in [5.74, 6) is -0.646. The molecule has 4 aromatic rings. The van der Waals surface area contributed by atoms with E-state index in [1.807, 2.05) is 41.8 Å². The van der Waals surface area contributed by atoms with E-state index in [0.717, 1.165) is 54.4 Å².